The summed E-state index contributed by atoms with van der Waals surface area (Å²) >= 11 is 0. The van der Waals surface area contributed by atoms with E-state index in [4.69, 9.17) is 4.74 Å². The smallest absolute Gasteiger partial charge is 0.111 e. The Balaban J connectivity index is 2.26. The van der Waals surface area contributed by atoms with Crippen LogP contribution in [0.25, 0.3) is 0 Å². The van der Waals surface area contributed by atoms with Crippen molar-refractivity contribution in [2.24, 2.45) is 17.3 Å². The Morgan fingerprint density at radius 1 is 1.05 bits per heavy atom. The number of hydrogen-bond acceptors (Lipinski definition) is 6. The zero-order chi connectivity index (χ0) is 15.8. The third-order valence-electron chi connectivity index (χ3n) is 6.42. The summed E-state index contributed by atoms with van der Waals surface area (Å²) in [5.74, 6) is -0.797. The van der Waals surface area contributed by atoms with Gasteiger partial charge in [0.1, 0.15) is 5.60 Å². The van der Waals surface area contributed by atoms with E-state index in [9.17, 15) is 25.5 Å². The van der Waals surface area contributed by atoms with Crippen molar-refractivity contribution in [3.8, 4) is 0 Å². The molecular weight excluding hydrogens is 276 g/mol. The van der Waals surface area contributed by atoms with Gasteiger partial charge in [-0.15, -0.1) is 0 Å². The van der Waals surface area contributed by atoms with Gasteiger partial charge < -0.3 is 30.3 Å². The van der Waals surface area contributed by atoms with Crippen LogP contribution in [0.2, 0.25) is 0 Å². The van der Waals surface area contributed by atoms with E-state index in [1.807, 2.05) is 6.92 Å². The van der Waals surface area contributed by atoms with Gasteiger partial charge in [-0.25, -0.2) is 0 Å². The Hall–Kier alpha value is -0.240. The molecule has 122 valence electrons. The normalized spacial score (nSPS) is 58.9. The van der Waals surface area contributed by atoms with E-state index < -0.39 is 53.6 Å². The van der Waals surface area contributed by atoms with Crippen LogP contribution in [0.15, 0.2) is 0 Å². The Kier molecular flexibility index (Phi) is 3.28. The molecule has 3 rings (SSSR count). The molecule has 1 unspecified atom stereocenters. The minimum Gasteiger partial charge on any atom is -0.395 e. The van der Waals surface area contributed by atoms with Crippen molar-refractivity contribution in [3.63, 3.8) is 0 Å². The molecule has 6 heteroatoms. The fourth-order valence-electron chi connectivity index (χ4n) is 5.42. The fraction of sp³-hybridized carbons (Fsp3) is 1.00. The van der Waals surface area contributed by atoms with Gasteiger partial charge in [-0.2, -0.15) is 0 Å². The van der Waals surface area contributed by atoms with Gasteiger partial charge in [0.05, 0.1) is 42.0 Å². The van der Waals surface area contributed by atoms with E-state index >= 15 is 0 Å². The lowest BCUT2D eigenvalue weighted by atomic mass is 9.48. The van der Waals surface area contributed by atoms with Crippen molar-refractivity contribution in [1.29, 1.82) is 0 Å². The standard InChI is InChI=1S/C15H26O6/c1-7-4-5-8(17)14(6-16)12(20)10(18)9-11(19)15(7,14)21-13(9,2)3/h7-12,16-20H,4-6H2,1-3H3/t7-,8+,9-,10-,11-,12+,14?,15-/m0/s1. The Morgan fingerprint density at radius 3 is 2.24 bits per heavy atom. The van der Waals surface area contributed by atoms with E-state index in [1.165, 1.54) is 0 Å². The molecule has 1 aliphatic heterocycles. The second kappa shape index (κ2) is 4.40. The van der Waals surface area contributed by atoms with Crippen molar-refractivity contribution >= 4 is 0 Å². The number of aliphatic hydroxyl groups excluding tert-OH is 5. The van der Waals surface area contributed by atoms with Crippen molar-refractivity contribution in [1.82, 2.24) is 0 Å². The summed E-state index contributed by atoms with van der Waals surface area (Å²) in [5.41, 5.74) is -3.55. The minimum absolute atomic E-state index is 0.144. The van der Waals surface area contributed by atoms with Crippen molar-refractivity contribution < 1.29 is 30.3 Å². The number of ether oxygens (including phenoxy) is 1. The predicted molar refractivity (Wildman–Crippen MR) is 73.3 cm³/mol. The first-order valence-corrected chi connectivity index (χ1v) is 7.70. The van der Waals surface area contributed by atoms with E-state index in [0.717, 1.165) is 0 Å². The van der Waals surface area contributed by atoms with Gasteiger partial charge in [0, 0.05) is 5.92 Å². The van der Waals surface area contributed by atoms with Gasteiger partial charge in [-0.3, -0.25) is 0 Å². The summed E-state index contributed by atoms with van der Waals surface area (Å²) in [5, 5.41) is 52.6. The van der Waals surface area contributed by atoms with Crippen LogP contribution in [0.1, 0.15) is 33.6 Å². The van der Waals surface area contributed by atoms with E-state index in [2.05, 4.69) is 0 Å². The van der Waals surface area contributed by atoms with Crippen LogP contribution in [0.3, 0.4) is 0 Å². The fourth-order valence-corrected chi connectivity index (χ4v) is 5.42. The molecule has 1 spiro atoms. The van der Waals surface area contributed by atoms with E-state index in [0.29, 0.717) is 12.8 Å². The van der Waals surface area contributed by atoms with Crippen molar-refractivity contribution in [2.45, 2.75) is 69.2 Å². The average molecular weight is 302 g/mol. The van der Waals surface area contributed by atoms with Crippen LogP contribution in [0.4, 0.5) is 0 Å². The summed E-state index contributed by atoms with van der Waals surface area (Å²) in [7, 11) is 0. The molecule has 3 aliphatic rings. The molecule has 8 atom stereocenters. The van der Waals surface area contributed by atoms with E-state index in [-0.39, 0.29) is 5.92 Å². The molecule has 2 bridgehead atoms. The van der Waals surface area contributed by atoms with Gasteiger partial charge >= 0.3 is 0 Å². The summed E-state index contributed by atoms with van der Waals surface area (Å²) < 4.78 is 6.20. The number of hydrogen-bond donors (Lipinski definition) is 5. The first-order chi connectivity index (χ1) is 9.66. The second-order valence-electron chi connectivity index (χ2n) is 7.60. The molecule has 1 saturated heterocycles. The SMILES string of the molecule is C[C@H]1CC[C@@H](O)C2(CO)[C@H](O)[C@@H](O)[C@H]3[C@H](O)[C@@]12OC3(C)C. The summed E-state index contributed by atoms with van der Waals surface area (Å²) in [6.07, 6.45) is -3.64. The quantitative estimate of drug-likeness (QED) is 0.426. The maximum absolute atomic E-state index is 10.9. The molecule has 1 heterocycles. The molecule has 0 aromatic rings. The maximum atomic E-state index is 10.9. The van der Waals surface area contributed by atoms with Crippen LogP contribution < -0.4 is 0 Å². The first kappa shape index (κ1) is 15.6. The zero-order valence-corrected chi connectivity index (χ0v) is 12.7. The molecule has 0 aromatic heterocycles. The largest absolute Gasteiger partial charge is 0.395 e. The van der Waals surface area contributed by atoms with Crippen molar-refractivity contribution in [2.75, 3.05) is 6.61 Å². The second-order valence-corrected chi connectivity index (χ2v) is 7.60. The van der Waals surface area contributed by atoms with Crippen LogP contribution >= 0.6 is 0 Å². The number of rotatable bonds is 1. The molecule has 5 N–H and O–H groups in total. The molecule has 0 aromatic carbocycles. The van der Waals surface area contributed by atoms with Gasteiger partial charge in [-0.1, -0.05) is 6.92 Å². The van der Waals surface area contributed by atoms with Gasteiger partial charge in [0.15, 0.2) is 0 Å². The Labute approximate surface area is 124 Å². The zero-order valence-electron chi connectivity index (χ0n) is 12.7. The molecule has 0 amide bonds. The highest BCUT2D eigenvalue weighted by Crippen LogP contribution is 2.65. The van der Waals surface area contributed by atoms with Crippen LogP contribution in [0, 0.1) is 17.3 Å². The van der Waals surface area contributed by atoms with Gasteiger partial charge in [0.2, 0.25) is 0 Å². The Bertz CT molecular complexity index is 440. The van der Waals surface area contributed by atoms with Crippen LogP contribution in [0.5, 0.6) is 0 Å². The highest BCUT2D eigenvalue weighted by molar-refractivity contribution is 5.27. The van der Waals surface area contributed by atoms with Crippen LogP contribution in [-0.4, -0.2) is 67.8 Å². The molecular formula is C15H26O6. The first-order valence-electron chi connectivity index (χ1n) is 7.70. The van der Waals surface area contributed by atoms with E-state index in [1.54, 1.807) is 13.8 Å². The predicted octanol–water partition coefficient (Wildman–Crippen LogP) is -0.984. The Morgan fingerprint density at radius 2 is 1.67 bits per heavy atom. The van der Waals surface area contributed by atoms with Gasteiger partial charge in [-0.05, 0) is 32.6 Å². The van der Waals surface area contributed by atoms with Crippen LogP contribution in [-0.2, 0) is 4.74 Å². The third kappa shape index (κ3) is 1.49. The molecule has 0 radical (unpaired) electrons. The lowest BCUT2D eigenvalue weighted by Crippen LogP contribution is -2.77. The average Bonchev–Trinajstić information content (AvgIpc) is 2.58. The summed E-state index contributed by atoms with van der Waals surface area (Å²) in [4.78, 5) is 0. The molecule has 2 saturated carbocycles. The summed E-state index contributed by atoms with van der Waals surface area (Å²) in [6, 6.07) is 0. The topological polar surface area (TPSA) is 110 Å². The lowest BCUT2D eigenvalue weighted by molar-refractivity contribution is -0.310. The third-order valence-corrected chi connectivity index (χ3v) is 6.42. The minimum atomic E-state index is -1.46. The summed E-state index contributed by atoms with van der Waals surface area (Å²) in [6.45, 7) is 4.90. The van der Waals surface area contributed by atoms with Gasteiger partial charge in [0.25, 0.3) is 0 Å². The monoisotopic (exact) mass is 302 g/mol. The molecule has 3 fully saturated rings. The number of fused-ring (bicyclic) bond motifs is 1. The molecule has 2 aliphatic carbocycles. The van der Waals surface area contributed by atoms with Crippen molar-refractivity contribution in [3.05, 3.63) is 0 Å². The highest BCUT2D eigenvalue weighted by atomic mass is 16.6. The number of aliphatic hydroxyl groups is 5. The molecule has 21 heavy (non-hydrogen) atoms. The molecule has 6 nitrogen and oxygen atoms in total. The lowest BCUT2D eigenvalue weighted by Gasteiger charge is -2.62. The highest BCUT2D eigenvalue weighted by Gasteiger charge is 2.79. The maximum Gasteiger partial charge on any atom is 0.111 e.